The molecule has 0 spiro atoms. The van der Waals surface area contributed by atoms with Gasteiger partial charge >= 0.3 is 0 Å². The van der Waals surface area contributed by atoms with E-state index in [4.69, 9.17) is 5.73 Å². The van der Waals surface area contributed by atoms with E-state index >= 15 is 0 Å². The zero-order valence-corrected chi connectivity index (χ0v) is 10.3. The predicted molar refractivity (Wildman–Crippen MR) is 73.6 cm³/mol. The first-order valence-electron chi connectivity index (χ1n) is 6.39. The maximum absolute atomic E-state index is 5.48. The van der Waals surface area contributed by atoms with Crippen LogP contribution in [0.4, 0.5) is 0 Å². The second-order valence-electron chi connectivity index (χ2n) is 4.68. The van der Waals surface area contributed by atoms with Crippen molar-refractivity contribution in [1.29, 1.82) is 0 Å². The minimum atomic E-state index is 0.569. The van der Waals surface area contributed by atoms with Crippen molar-refractivity contribution < 1.29 is 0 Å². The van der Waals surface area contributed by atoms with Crippen molar-refractivity contribution in [1.82, 2.24) is 9.78 Å². The Hall–Kier alpha value is -1.87. The molecule has 3 rings (SSSR count). The van der Waals surface area contributed by atoms with Crippen LogP contribution >= 0.6 is 0 Å². The Bertz CT molecular complexity index is 565. The Kier molecular flexibility index (Phi) is 2.99. The predicted octanol–water partition coefficient (Wildman–Crippen LogP) is 2.72. The molecule has 0 radical (unpaired) electrons. The largest absolute Gasteiger partial charge is 0.327 e. The van der Waals surface area contributed by atoms with E-state index in [0.29, 0.717) is 12.5 Å². The first-order chi connectivity index (χ1) is 8.88. The standard InChI is InChI=1S/C15H17N3/c16-9-2-4-12-3-1-5-14(11-12)18-15(8-10-17-18)13-6-7-13/h1-5,8,10-11,13H,6-7,9,16H2/b4-2+. The van der Waals surface area contributed by atoms with E-state index in [0.717, 1.165) is 11.3 Å². The smallest absolute Gasteiger partial charge is 0.0654 e. The van der Waals surface area contributed by atoms with Crippen LogP contribution in [0.25, 0.3) is 11.8 Å². The topological polar surface area (TPSA) is 43.8 Å². The maximum Gasteiger partial charge on any atom is 0.0654 e. The molecule has 3 nitrogen and oxygen atoms in total. The summed E-state index contributed by atoms with van der Waals surface area (Å²) in [5, 5.41) is 4.44. The molecule has 2 aromatic rings. The molecule has 0 atom stereocenters. The minimum Gasteiger partial charge on any atom is -0.327 e. The fraction of sp³-hybridized carbons (Fsp3) is 0.267. The van der Waals surface area contributed by atoms with E-state index < -0.39 is 0 Å². The van der Waals surface area contributed by atoms with E-state index in [1.807, 2.05) is 18.3 Å². The summed E-state index contributed by atoms with van der Waals surface area (Å²) in [6.45, 7) is 0.569. The van der Waals surface area contributed by atoms with Crippen molar-refractivity contribution in [2.45, 2.75) is 18.8 Å². The number of hydrogen-bond acceptors (Lipinski definition) is 2. The monoisotopic (exact) mass is 239 g/mol. The second kappa shape index (κ2) is 4.78. The maximum atomic E-state index is 5.48. The van der Waals surface area contributed by atoms with Gasteiger partial charge in [-0.1, -0.05) is 24.3 Å². The summed E-state index contributed by atoms with van der Waals surface area (Å²) in [6, 6.07) is 10.5. The Labute approximate surface area is 107 Å². The second-order valence-corrected chi connectivity index (χ2v) is 4.68. The fourth-order valence-electron chi connectivity index (χ4n) is 2.18. The van der Waals surface area contributed by atoms with Gasteiger partial charge in [-0.05, 0) is 36.6 Å². The van der Waals surface area contributed by atoms with Gasteiger partial charge in [-0.3, -0.25) is 0 Å². The molecule has 1 fully saturated rings. The SMILES string of the molecule is NC/C=C/c1cccc(-n2nccc2C2CC2)c1. The third-order valence-electron chi connectivity index (χ3n) is 3.23. The highest BCUT2D eigenvalue weighted by Gasteiger charge is 2.27. The highest BCUT2D eigenvalue weighted by atomic mass is 15.3. The van der Waals surface area contributed by atoms with Gasteiger partial charge in [0.25, 0.3) is 0 Å². The van der Waals surface area contributed by atoms with Gasteiger partial charge in [-0.25, -0.2) is 4.68 Å². The highest BCUT2D eigenvalue weighted by molar-refractivity contribution is 5.53. The Balaban J connectivity index is 1.95. The molecule has 1 saturated carbocycles. The fourth-order valence-corrected chi connectivity index (χ4v) is 2.18. The number of aromatic nitrogens is 2. The molecule has 92 valence electrons. The third kappa shape index (κ3) is 2.22. The number of hydrogen-bond donors (Lipinski definition) is 1. The molecule has 0 saturated heterocycles. The first kappa shape index (κ1) is 11.2. The van der Waals surface area contributed by atoms with Crippen LogP contribution in [0.1, 0.15) is 30.0 Å². The van der Waals surface area contributed by atoms with Crippen molar-refractivity contribution >= 4 is 6.08 Å². The molecular weight excluding hydrogens is 222 g/mol. The quantitative estimate of drug-likeness (QED) is 0.891. The lowest BCUT2D eigenvalue weighted by Gasteiger charge is -2.07. The Morgan fingerprint density at radius 2 is 2.22 bits per heavy atom. The van der Waals surface area contributed by atoms with Crippen LogP contribution in [0.2, 0.25) is 0 Å². The summed E-state index contributed by atoms with van der Waals surface area (Å²) in [7, 11) is 0. The molecule has 2 N–H and O–H groups in total. The Morgan fingerprint density at radius 3 is 3.00 bits per heavy atom. The zero-order chi connectivity index (χ0) is 12.4. The van der Waals surface area contributed by atoms with Gasteiger partial charge in [0, 0.05) is 24.4 Å². The lowest BCUT2D eigenvalue weighted by molar-refractivity contribution is 0.808. The number of benzene rings is 1. The molecule has 0 amide bonds. The van der Waals surface area contributed by atoms with Crippen LogP contribution in [0.5, 0.6) is 0 Å². The molecule has 1 aliphatic carbocycles. The molecule has 3 heteroatoms. The van der Waals surface area contributed by atoms with E-state index in [-0.39, 0.29) is 0 Å². The van der Waals surface area contributed by atoms with Crippen LogP contribution in [-0.2, 0) is 0 Å². The van der Waals surface area contributed by atoms with Crippen molar-refractivity contribution in [3.05, 3.63) is 53.9 Å². The van der Waals surface area contributed by atoms with Crippen LogP contribution < -0.4 is 5.73 Å². The molecular formula is C15H17N3. The molecule has 0 bridgehead atoms. The molecule has 0 aliphatic heterocycles. The van der Waals surface area contributed by atoms with Crippen LogP contribution in [0, 0.1) is 0 Å². The van der Waals surface area contributed by atoms with Crippen molar-refractivity contribution in [3.63, 3.8) is 0 Å². The van der Waals surface area contributed by atoms with E-state index in [1.54, 1.807) is 0 Å². The normalized spacial score (nSPS) is 15.4. The lowest BCUT2D eigenvalue weighted by atomic mass is 10.2. The molecule has 1 aliphatic rings. The molecule has 1 aromatic heterocycles. The summed E-state index contributed by atoms with van der Waals surface area (Å²) in [4.78, 5) is 0. The zero-order valence-electron chi connectivity index (χ0n) is 10.3. The van der Waals surface area contributed by atoms with Crippen molar-refractivity contribution in [3.8, 4) is 5.69 Å². The average molecular weight is 239 g/mol. The highest BCUT2D eigenvalue weighted by Crippen LogP contribution is 2.40. The van der Waals surface area contributed by atoms with Crippen molar-refractivity contribution in [2.75, 3.05) is 6.54 Å². The molecule has 18 heavy (non-hydrogen) atoms. The van der Waals surface area contributed by atoms with Crippen molar-refractivity contribution in [2.24, 2.45) is 5.73 Å². The van der Waals surface area contributed by atoms with Crippen LogP contribution in [0.15, 0.2) is 42.6 Å². The van der Waals surface area contributed by atoms with E-state index in [2.05, 4.69) is 40.1 Å². The average Bonchev–Trinajstić information content (AvgIpc) is 3.14. The minimum absolute atomic E-state index is 0.569. The summed E-state index contributed by atoms with van der Waals surface area (Å²) in [5.74, 6) is 0.704. The van der Waals surface area contributed by atoms with E-state index in [1.165, 1.54) is 18.5 Å². The van der Waals surface area contributed by atoms with Gasteiger partial charge in [0.05, 0.1) is 5.69 Å². The summed E-state index contributed by atoms with van der Waals surface area (Å²) in [5.41, 5.74) is 9.09. The van der Waals surface area contributed by atoms with Gasteiger partial charge in [0.15, 0.2) is 0 Å². The van der Waals surface area contributed by atoms with Gasteiger partial charge in [0.1, 0.15) is 0 Å². The summed E-state index contributed by atoms with van der Waals surface area (Å²) < 4.78 is 2.05. The van der Waals surface area contributed by atoms with Gasteiger partial charge in [-0.2, -0.15) is 5.10 Å². The van der Waals surface area contributed by atoms with Gasteiger partial charge < -0.3 is 5.73 Å². The third-order valence-corrected chi connectivity index (χ3v) is 3.23. The molecule has 1 aromatic carbocycles. The molecule has 1 heterocycles. The number of nitrogens with zero attached hydrogens (tertiary/aromatic N) is 2. The summed E-state index contributed by atoms with van der Waals surface area (Å²) >= 11 is 0. The number of nitrogens with two attached hydrogens (primary N) is 1. The van der Waals surface area contributed by atoms with Crippen LogP contribution in [0.3, 0.4) is 0 Å². The van der Waals surface area contributed by atoms with Gasteiger partial charge in [-0.15, -0.1) is 0 Å². The molecule has 0 unspecified atom stereocenters. The van der Waals surface area contributed by atoms with Gasteiger partial charge in [0.2, 0.25) is 0 Å². The van der Waals surface area contributed by atoms with E-state index in [9.17, 15) is 0 Å². The van der Waals surface area contributed by atoms with Crippen LogP contribution in [-0.4, -0.2) is 16.3 Å². The first-order valence-corrected chi connectivity index (χ1v) is 6.39. The summed E-state index contributed by atoms with van der Waals surface area (Å²) in [6.07, 6.45) is 8.47. The Morgan fingerprint density at radius 1 is 1.33 bits per heavy atom. The number of rotatable bonds is 4. The lowest BCUT2D eigenvalue weighted by Crippen LogP contribution is -2.01.